The summed E-state index contributed by atoms with van der Waals surface area (Å²) >= 11 is 5.68. The van der Waals surface area contributed by atoms with Gasteiger partial charge in [-0.1, -0.05) is 17.7 Å². The van der Waals surface area contributed by atoms with E-state index >= 15 is 0 Å². The molecule has 0 amide bonds. The number of hydrogen-bond donors (Lipinski definition) is 2. The first-order chi connectivity index (χ1) is 7.37. The predicted molar refractivity (Wildman–Crippen MR) is 67.5 cm³/mol. The lowest BCUT2D eigenvalue weighted by Crippen LogP contribution is -2.44. The maximum absolute atomic E-state index is 5.73. The SMILES string of the molecule is CC(C)(C)NC(N)=NCc1ccc(Cl)nc1. The molecular formula is C11H17ClN4. The fourth-order valence-electron chi connectivity index (χ4n) is 1.10. The zero-order valence-corrected chi connectivity index (χ0v) is 10.5. The van der Waals surface area contributed by atoms with Crippen LogP contribution in [0, 0.1) is 0 Å². The lowest BCUT2D eigenvalue weighted by atomic mass is 10.1. The summed E-state index contributed by atoms with van der Waals surface area (Å²) in [4.78, 5) is 8.18. The highest BCUT2D eigenvalue weighted by molar-refractivity contribution is 6.29. The number of hydrogen-bond acceptors (Lipinski definition) is 2. The van der Waals surface area contributed by atoms with E-state index in [-0.39, 0.29) is 5.54 Å². The summed E-state index contributed by atoms with van der Waals surface area (Å²) in [5.41, 5.74) is 6.63. The maximum atomic E-state index is 5.73. The first-order valence-corrected chi connectivity index (χ1v) is 5.43. The van der Waals surface area contributed by atoms with Crippen molar-refractivity contribution in [1.82, 2.24) is 10.3 Å². The minimum absolute atomic E-state index is 0.0776. The highest BCUT2D eigenvalue weighted by atomic mass is 35.5. The van der Waals surface area contributed by atoms with Crippen LogP contribution in [0.15, 0.2) is 23.3 Å². The van der Waals surface area contributed by atoms with Gasteiger partial charge in [-0.3, -0.25) is 0 Å². The van der Waals surface area contributed by atoms with Gasteiger partial charge in [0.15, 0.2) is 5.96 Å². The second kappa shape index (κ2) is 5.16. The molecular weight excluding hydrogens is 224 g/mol. The monoisotopic (exact) mass is 240 g/mol. The van der Waals surface area contributed by atoms with Gasteiger partial charge >= 0.3 is 0 Å². The summed E-state index contributed by atoms with van der Waals surface area (Å²) in [6.45, 7) is 6.58. The Kier molecular flexibility index (Phi) is 4.12. The van der Waals surface area contributed by atoms with Crippen LogP contribution in [0.1, 0.15) is 26.3 Å². The highest BCUT2D eigenvalue weighted by Crippen LogP contribution is 2.06. The van der Waals surface area contributed by atoms with E-state index in [1.807, 2.05) is 26.8 Å². The number of pyridine rings is 1. The predicted octanol–water partition coefficient (Wildman–Crippen LogP) is 1.94. The summed E-state index contributed by atoms with van der Waals surface area (Å²) in [6.07, 6.45) is 1.69. The minimum Gasteiger partial charge on any atom is -0.370 e. The molecule has 0 saturated carbocycles. The van der Waals surface area contributed by atoms with Crippen LogP contribution in [-0.4, -0.2) is 16.5 Å². The Balaban J connectivity index is 2.56. The zero-order chi connectivity index (χ0) is 12.2. The van der Waals surface area contributed by atoms with E-state index in [9.17, 15) is 0 Å². The molecule has 0 bridgehead atoms. The summed E-state index contributed by atoms with van der Waals surface area (Å²) in [6, 6.07) is 3.61. The van der Waals surface area contributed by atoms with E-state index in [0.717, 1.165) is 5.56 Å². The van der Waals surface area contributed by atoms with Gasteiger partial charge in [-0.15, -0.1) is 0 Å². The van der Waals surface area contributed by atoms with Gasteiger partial charge < -0.3 is 11.1 Å². The van der Waals surface area contributed by atoms with Gasteiger partial charge in [0, 0.05) is 11.7 Å². The van der Waals surface area contributed by atoms with Gasteiger partial charge in [0.05, 0.1) is 6.54 Å². The number of halogens is 1. The van der Waals surface area contributed by atoms with Crippen LogP contribution in [0.2, 0.25) is 5.15 Å². The number of aromatic nitrogens is 1. The Labute approximate surface area is 101 Å². The summed E-state index contributed by atoms with van der Waals surface area (Å²) in [5.74, 6) is 0.433. The van der Waals surface area contributed by atoms with E-state index in [1.54, 1.807) is 12.3 Å². The van der Waals surface area contributed by atoms with E-state index < -0.39 is 0 Å². The van der Waals surface area contributed by atoms with Crippen LogP contribution < -0.4 is 11.1 Å². The van der Waals surface area contributed by atoms with Crippen LogP contribution in [0.25, 0.3) is 0 Å². The molecule has 0 unspecified atom stereocenters. The topological polar surface area (TPSA) is 63.3 Å². The van der Waals surface area contributed by atoms with E-state index in [1.165, 1.54) is 0 Å². The molecule has 5 heteroatoms. The molecule has 0 aliphatic carbocycles. The van der Waals surface area contributed by atoms with E-state index in [4.69, 9.17) is 17.3 Å². The van der Waals surface area contributed by atoms with Crippen molar-refractivity contribution in [2.45, 2.75) is 32.9 Å². The van der Waals surface area contributed by atoms with Crippen LogP contribution in [0.4, 0.5) is 0 Å². The molecule has 0 aliphatic rings. The Bertz CT molecular complexity index is 365. The fourth-order valence-corrected chi connectivity index (χ4v) is 1.21. The van der Waals surface area contributed by atoms with Gasteiger partial charge in [-0.2, -0.15) is 0 Å². The zero-order valence-electron chi connectivity index (χ0n) is 9.79. The number of nitrogens with zero attached hydrogens (tertiary/aromatic N) is 2. The van der Waals surface area contributed by atoms with E-state index in [2.05, 4.69) is 15.3 Å². The van der Waals surface area contributed by atoms with Crippen LogP contribution in [0.5, 0.6) is 0 Å². The van der Waals surface area contributed by atoms with Gasteiger partial charge in [0.25, 0.3) is 0 Å². The van der Waals surface area contributed by atoms with Crippen molar-refractivity contribution in [1.29, 1.82) is 0 Å². The molecule has 1 heterocycles. The van der Waals surface area contributed by atoms with Crippen molar-refractivity contribution in [3.8, 4) is 0 Å². The molecule has 0 spiro atoms. The molecule has 0 aliphatic heterocycles. The third-order valence-corrected chi connectivity index (χ3v) is 1.95. The lowest BCUT2D eigenvalue weighted by Gasteiger charge is -2.20. The fraction of sp³-hybridized carbons (Fsp3) is 0.455. The standard InChI is InChI=1S/C11H17ClN4/c1-11(2,3)16-10(13)15-7-8-4-5-9(12)14-6-8/h4-6H,7H2,1-3H3,(H3,13,15,16). The molecule has 1 rings (SSSR count). The third kappa shape index (κ3) is 4.98. The summed E-state index contributed by atoms with van der Waals surface area (Å²) < 4.78 is 0. The molecule has 16 heavy (non-hydrogen) atoms. The molecule has 1 aromatic rings. The smallest absolute Gasteiger partial charge is 0.189 e. The second-order valence-corrected chi connectivity index (χ2v) is 4.95. The Morgan fingerprint density at radius 3 is 2.69 bits per heavy atom. The van der Waals surface area contributed by atoms with E-state index in [0.29, 0.717) is 17.7 Å². The maximum Gasteiger partial charge on any atom is 0.189 e. The molecule has 0 saturated heterocycles. The molecule has 0 atom stereocenters. The molecule has 0 fully saturated rings. The number of rotatable bonds is 2. The van der Waals surface area contributed by atoms with Crippen molar-refractivity contribution in [2.24, 2.45) is 10.7 Å². The number of aliphatic imine (C=N–C) groups is 1. The molecule has 0 radical (unpaired) electrons. The Morgan fingerprint density at radius 1 is 1.50 bits per heavy atom. The van der Waals surface area contributed by atoms with Crippen molar-refractivity contribution >= 4 is 17.6 Å². The first kappa shape index (κ1) is 12.8. The summed E-state index contributed by atoms with van der Waals surface area (Å²) in [7, 11) is 0. The van der Waals surface area contributed by atoms with Crippen LogP contribution in [-0.2, 0) is 6.54 Å². The number of guanidine groups is 1. The Morgan fingerprint density at radius 2 is 2.19 bits per heavy atom. The van der Waals surface area contributed by atoms with Gasteiger partial charge in [-0.25, -0.2) is 9.98 Å². The van der Waals surface area contributed by atoms with Crippen LogP contribution in [0.3, 0.4) is 0 Å². The van der Waals surface area contributed by atoms with Crippen molar-refractivity contribution < 1.29 is 0 Å². The molecule has 0 aromatic carbocycles. The first-order valence-electron chi connectivity index (χ1n) is 5.05. The molecule has 88 valence electrons. The molecule has 4 nitrogen and oxygen atoms in total. The van der Waals surface area contributed by atoms with Crippen molar-refractivity contribution in [2.75, 3.05) is 0 Å². The van der Waals surface area contributed by atoms with Crippen molar-refractivity contribution in [3.05, 3.63) is 29.0 Å². The quantitative estimate of drug-likeness (QED) is 0.472. The average molecular weight is 241 g/mol. The number of nitrogens with two attached hydrogens (primary N) is 1. The Hall–Kier alpha value is -1.29. The van der Waals surface area contributed by atoms with Crippen LogP contribution >= 0.6 is 11.6 Å². The highest BCUT2D eigenvalue weighted by Gasteiger charge is 2.09. The van der Waals surface area contributed by atoms with Gasteiger partial charge in [0.1, 0.15) is 5.15 Å². The van der Waals surface area contributed by atoms with Gasteiger partial charge in [-0.05, 0) is 32.4 Å². The average Bonchev–Trinajstić information content (AvgIpc) is 2.14. The minimum atomic E-state index is -0.0776. The number of nitrogens with one attached hydrogen (secondary N) is 1. The molecule has 1 aromatic heterocycles. The van der Waals surface area contributed by atoms with Gasteiger partial charge in [0.2, 0.25) is 0 Å². The molecule has 3 N–H and O–H groups in total. The third-order valence-electron chi connectivity index (χ3n) is 1.72. The summed E-state index contributed by atoms with van der Waals surface area (Å²) in [5, 5.41) is 3.56. The largest absolute Gasteiger partial charge is 0.370 e. The normalized spacial score (nSPS) is 12.6. The van der Waals surface area contributed by atoms with Crippen molar-refractivity contribution in [3.63, 3.8) is 0 Å². The lowest BCUT2D eigenvalue weighted by molar-refractivity contribution is 0.508. The second-order valence-electron chi connectivity index (χ2n) is 4.57.